The number of hydrogen-bond donors (Lipinski definition) is 0. The number of likely N-dealkylation sites (N-methyl/N-ethyl adjacent to an activating group) is 1. The first-order valence-electron chi connectivity index (χ1n) is 11.1. The number of nitrogens with zero attached hydrogens (tertiary/aromatic N) is 1. The van der Waals surface area contributed by atoms with Crippen LogP contribution >= 0.6 is 11.6 Å². The molecular formula is C25H30ClNO3. The normalized spacial score (nSPS) is 36.8. The van der Waals surface area contributed by atoms with Gasteiger partial charge < -0.3 is 9.64 Å². The van der Waals surface area contributed by atoms with Crippen LogP contribution in [0.25, 0.3) is 0 Å². The van der Waals surface area contributed by atoms with Crippen LogP contribution in [-0.2, 0) is 19.7 Å². The molecule has 0 amide bonds. The SMILES string of the molecule is CN1C(=CC(=O)COC(=O)C23C[C@@H]4C[C@@H](CC(Cl)(C4)C2)C3)C(C)(C)c2ccccc21. The summed E-state index contributed by atoms with van der Waals surface area (Å²) >= 11 is 6.84. The van der Waals surface area contributed by atoms with Gasteiger partial charge in [0, 0.05) is 34.8 Å². The van der Waals surface area contributed by atoms with E-state index >= 15 is 0 Å². The van der Waals surface area contributed by atoms with Crippen molar-refractivity contribution in [3.05, 3.63) is 41.6 Å². The van der Waals surface area contributed by atoms with Crippen molar-refractivity contribution in [3.8, 4) is 0 Å². The van der Waals surface area contributed by atoms with E-state index in [1.807, 2.05) is 19.2 Å². The fraction of sp³-hybridized carbons (Fsp3) is 0.600. The van der Waals surface area contributed by atoms with Gasteiger partial charge in [-0.2, -0.15) is 0 Å². The van der Waals surface area contributed by atoms with E-state index in [1.54, 1.807) is 6.08 Å². The number of rotatable bonds is 4. The van der Waals surface area contributed by atoms with Crippen molar-refractivity contribution in [2.75, 3.05) is 18.6 Å². The van der Waals surface area contributed by atoms with E-state index in [0.29, 0.717) is 18.3 Å². The van der Waals surface area contributed by atoms with Gasteiger partial charge in [-0.3, -0.25) is 9.59 Å². The Bertz CT molecular complexity index is 935. The van der Waals surface area contributed by atoms with Gasteiger partial charge in [-0.1, -0.05) is 32.0 Å². The summed E-state index contributed by atoms with van der Waals surface area (Å²) in [7, 11) is 1.98. The monoisotopic (exact) mass is 427 g/mol. The van der Waals surface area contributed by atoms with E-state index in [4.69, 9.17) is 16.3 Å². The summed E-state index contributed by atoms with van der Waals surface area (Å²) in [5.41, 5.74) is 2.50. The third kappa shape index (κ3) is 3.02. The van der Waals surface area contributed by atoms with E-state index in [-0.39, 0.29) is 28.6 Å². The molecule has 4 aliphatic carbocycles. The average Bonchev–Trinajstić information content (AvgIpc) is 2.85. The van der Waals surface area contributed by atoms with Crippen molar-refractivity contribution in [2.24, 2.45) is 17.3 Å². The number of allylic oxidation sites excluding steroid dienone is 1. The van der Waals surface area contributed by atoms with E-state index in [1.165, 1.54) is 12.0 Å². The molecule has 0 aromatic heterocycles. The molecule has 4 saturated carbocycles. The standard InChI is InChI=1S/C25H30ClNO3/c1-23(2)19-6-4-5-7-20(19)27(3)21(23)9-18(28)14-30-22(29)24-10-16-8-17(11-24)13-25(26,12-16)15-24/h4-7,9,16-17H,8,10-15H2,1-3H3/t16-,17+,24?,25?. The number of anilines is 1. The second-order valence-electron chi connectivity index (χ2n) is 10.7. The number of benzene rings is 1. The lowest BCUT2D eigenvalue weighted by molar-refractivity contribution is -0.171. The highest BCUT2D eigenvalue weighted by Gasteiger charge is 2.60. The van der Waals surface area contributed by atoms with E-state index in [9.17, 15) is 9.59 Å². The molecule has 4 fully saturated rings. The van der Waals surface area contributed by atoms with E-state index < -0.39 is 5.41 Å². The number of fused-ring (bicyclic) bond motifs is 1. The van der Waals surface area contributed by atoms with Crippen LogP contribution in [0, 0.1) is 17.3 Å². The van der Waals surface area contributed by atoms with Gasteiger partial charge in [0.25, 0.3) is 0 Å². The number of carbonyl (C=O) groups is 2. The van der Waals surface area contributed by atoms with Crippen LogP contribution < -0.4 is 4.90 Å². The topological polar surface area (TPSA) is 46.6 Å². The predicted molar refractivity (Wildman–Crippen MR) is 118 cm³/mol. The highest BCUT2D eigenvalue weighted by atomic mass is 35.5. The highest BCUT2D eigenvalue weighted by molar-refractivity contribution is 6.24. The van der Waals surface area contributed by atoms with Crippen molar-refractivity contribution in [2.45, 2.75) is 62.7 Å². The molecule has 1 aliphatic heterocycles. The Morgan fingerprint density at radius 1 is 1.17 bits per heavy atom. The zero-order valence-electron chi connectivity index (χ0n) is 18.0. The van der Waals surface area contributed by atoms with Crippen molar-refractivity contribution in [1.29, 1.82) is 0 Å². The fourth-order valence-corrected chi connectivity index (χ4v) is 7.82. The minimum Gasteiger partial charge on any atom is -0.457 e. The van der Waals surface area contributed by atoms with Crippen molar-refractivity contribution in [1.82, 2.24) is 0 Å². The zero-order valence-corrected chi connectivity index (χ0v) is 18.8. The van der Waals surface area contributed by atoms with E-state index in [0.717, 1.165) is 37.1 Å². The summed E-state index contributed by atoms with van der Waals surface area (Å²) in [5, 5.41) is 0. The molecule has 30 heavy (non-hydrogen) atoms. The molecule has 5 aliphatic rings. The van der Waals surface area contributed by atoms with Crippen LogP contribution in [0.1, 0.15) is 57.9 Å². The van der Waals surface area contributed by atoms with Crippen LogP contribution in [0.4, 0.5) is 5.69 Å². The molecule has 0 spiro atoms. The highest BCUT2D eigenvalue weighted by Crippen LogP contribution is 2.64. The number of esters is 1. The van der Waals surface area contributed by atoms with Crippen LogP contribution in [0.3, 0.4) is 0 Å². The third-order valence-corrected chi connectivity index (χ3v) is 8.45. The summed E-state index contributed by atoms with van der Waals surface area (Å²) in [4.78, 5) is 27.7. The van der Waals surface area contributed by atoms with Gasteiger partial charge in [-0.05, 0) is 62.0 Å². The maximum Gasteiger partial charge on any atom is 0.312 e. The van der Waals surface area contributed by atoms with Crippen LogP contribution in [0.2, 0.25) is 0 Å². The van der Waals surface area contributed by atoms with Crippen molar-refractivity contribution in [3.63, 3.8) is 0 Å². The van der Waals surface area contributed by atoms with Gasteiger partial charge in [0.05, 0.1) is 5.41 Å². The van der Waals surface area contributed by atoms with Gasteiger partial charge in [-0.15, -0.1) is 11.6 Å². The van der Waals surface area contributed by atoms with Gasteiger partial charge in [0.15, 0.2) is 12.4 Å². The quantitative estimate of drug-likeness (QED) is 0.386. The minimum atomic E-state index is -0.473. The molecule has 0 saturated heterocycles. The van der Waals surface area contributed by atoms with Crippen molar-refractivity contribution < 1.29 is 14.3 Å². The number of hydrogen-bond acceptors (Lipinski definition) is 4. The first-order chi connectivity index (χ1) is 14.1. The molecule has 160 valence electrons. The van der Waals surface area contributed by atoms with Gasteiger partial charge >= 0.3 is 5.97 Å². The molecule has 1 aromatic rings. The maximum absolute atomic E-state index is 13.1. The Hall–Kier alpha value is -1.81. The smallest absolute Gasteiger partial charge is 0.312 e. The average molecular weight is 428 g/mol. The number of ether oxygens (including phenoxy) is 1. The Morgan fingerprint density at radius 3 is 2.47 bits per heavy atom. The number of ketones is 1. The molecule has 4 nitrogen and oxygen atoms in total. The summed E-state index contributed by atoms with van der Waals surface area (Å²) in [5.74, 6) is 0.674. The van der Waals surface area contributed by atoms with Crippen LogP contribution in [0.5, 0.6) is 0 Å². The molecule has 5 heteroatoms. The lowest BCUT2D eigenvalue weighted by Gasteiger charge is -2.58. The molecule has 4 bridgehead atoms. The molecule has 4 atom stereocenters. The lowest BCUT2D eigenvalue weighted by Crippen LogP contribution is -2.56. The molecule has 1 aromatic carbocycles. The largest absolute Gasteiger partial charge is 0.457 e. The summed E-state index contributed by atoms with van der Waals surface area (Å²) < 4.78 is 5.61. The Kier molecular flexibility index (Phi) is 4.42. The van der Waals surface area contributed by atoms with Crippen LogP contribution in [-0.4, -0.2) is 30.3 Å². The molecule has 0 N–H and O–H groups in total. The first-order valence-corrected chi connectivity index (χ1v) is 11.4. The van der Waals surface area contributed by atoms with Gasteiger partial charge in [0.1, 0.15) is 0 Å². The van der Waals surface area contributed by atoms with E-state index in [2.05, 4.69) is 30.9 Å². The maximum atomic E-state index is 13.1. The number of alkyl halides is 1. The fourth-order valence-electron chi connectivity index (χ4n) is 7.13. The summed E-state index contributed by atoms with van der Waals surface area (Å²) in [6.45, 7) is 4.04. The Balaban J connectivity index is 1.29. The molecular weight excluding hydrogens is 398 g/mol. The molecule has 1 heterocycles. The summed E-state index contributed by atoms with van der Waals surface area (Å²) in [6.07, 6.45) is 7.33. The zero-order chi connectivity index (χ0) is 21.3. The van der Waals surface area contributed by atoms with Gasteiger partial charge in [0.2, 0.25) is 0 Å². The minimum absolute atomic E-state index is 0.170. The van der Waals surface area contributed by atoms with Crippen LogP contribution in [0.15, 0.2) is 36.0 Å². The summed E-state index contributed by atoms with van der Waals surface area (Å²) in [6, 6.07) is 8.20. The number of carbonyl (C=O) groups excluding carboxylic acids is 2. The number of halogens is 1. The third-order valence-electron chi connectivity index (χ3n) is 8.01. The molecule has 0 radical (unpaired) electrons. The molecule has 6 rings (SSSR count). The predicted octanol–water partition coefficient (Wildman–Crippen LogP) is 4.99. The molecule has 2 unspecified atom stereocenters. The van der Waals surface area contributed by atoms with Gasteiger partial charge in [-0.25, -0.2) is 0 Å². The second kappa shape index (κ2) is 6.59. The Morgan fingerprint density at radius 2 is 1.83 bits per heavy atom. The number of para-hydroxylation sites is 1. The lowest BCUT2D eigenvalue weighted by atomic mass is 9.49. The van der Waals surface area contributed by atoms with Crippen molar-refractivity contribution >= 4 is 29.0 Å². The Labute approximate surface area is 183 Å². The first kappa shape index (κ1) is 20.1. The second-order valence-corrected chi connectivity index (χ2v) is 11.5.